The van der Waals surface area contributed by atoms with E-state index >= 15 is 0 Å². The van der Waals surface area contributed by atoms with Gasteiger partial charge in [-0.05, 0) is 75.5 Å². The van der Waals surface area contributed by atoms with Crippen molar-refractivity contribution in [2.24, 2.45) is 0 Å². The number of rotatable bonds is 3. The van der Waals surface area contributed by atoms with Crippen LogP contribution in [0.4, 0.5) is 17.1 Å². The minimum absolute atomic E-state index is 0.885. The van der Waals surface area contributed by atoms with Gasteiger partial charge in [0.1, 0.15) is 11.2 Å². The van der Waals surface area contributed by atoms with Crippen molar-refractivity contribution in [1.29, 1.82) is 0 Å². The van der Waals surface area contributed by atoms with E-state index in [-0.39, 0.29) is 0 Å². The molecule has 10 aromatic rings. The molecule has 0 atom stereocenters. The lowest BCUT2D eigenvalue weighted by atomic mass is 9.94. The fourth-order valence-corrected chi connectivity index (χ4v) is 8.26. The summed E-state index contributed by atoms with van der Waals surface area (Å²) in [6.45, 7) is 0. The maximum absolute atomic E-state index is 6.42. The second kappa shape index (κ2) is 9.43. The molecule has 2 aromatic heterocycles. The zero-order valence-corrected chi connectivity index (χ0v) is 25.0. The highest BCUT2D eigenvalue weighted by Gasteiger charge is 2.20. The van der Waals surface area contributed by atoms with E-state index in [1.807, 2.05) is 23.5 Å². The van der Waals surface area contributed by atoms with E-state index in [1.54, 1.807) is 0 Å². The Hall–Kier alpha value is -5.64. The summed E-state index contributed by atoms with van der Waals surface area (Å²) in [5, 5.41) is 12.3. The Balaban J connectivity index is 1.32. The molecule has 2 nitrogen and oxygen atoms in total. The molecule has 0 aliphatic carbocycles. The van der Waals surface area contributed by atoms with Gasteiger partial charge in [0.2, 0.25) is 0 Å². The molecular weight excluding hydrogens is 567 g/mol. The smallest absolute Gasteiger partial charge is 0.137 e. The van der Waals surface area contributed by atoms with E-state index in [9.17, 15) is 0 Å². The summed E-state index contributed by atoms with van der Waals surface area (Å²) in [6, 6.07) is 54.9. The Kier molecular flexibility index (Phi) is 5.19. The summed E-state index contributed by atoms with van der Waals surface area (Å²) in [5.41, 5.74) is 5.11. The number of hydrogen-bond donors (Lipinski definition) is 0. The summed E-state index contributed by atoms with van der Waals surface area (Å²) < 4.78 is 9.02. The van der Waals surface area contributed by atoms with Crippen molar-refractivity contribution in [2.45, 2.75) is 0 Å². The standard InChI is InChI=1S/C42H25NOS/c1-2-10-31-26(8-1)16-17-28-19-18-27-9-7-13-36(42(27)41(28)31)43(29-21-23-40-35(24-29)34-12-4-6-15-39(34)45-40)30-20-22-33-32-11-3-5-14-37(32)44-38(33)25-30/h1-25H. The van der Waals surface area contributed by atoms with Gasteiger partial charge in [0, 0.05) is 53.8 Å². The number of furan rings is 1. The topological polar surface area (TPSA) is 16.4 Å². The molecule has 0 spiro atoms. The van der Waals surface area contributed by atoms with Crippen molar-refractivity contribution >= 4 is 103 Å². The number of thiophene rings is 1. The molecule has 0 fully saturated rings. The lowest BCUT2D eigenvalue weighted by molar-refractivity contribution is 0.669. The first kappa shape index (κ1) is 24.8. The fourth-order valence-electron chi connectivity index (χ4n) is 7.18. The SMILES string of the molecule is c1ccc2c(c1)ccc1ccc3cccc(N(c4ccc5c(c4)oc4ccccc45)c4ccc5sc6ccccc6c5c4)c3c12. The van der Waals surface area contributed by atoms with Crippen LogP contribution in [0.15, 0.2) is 156 Å². The molecule has 0 amide bonds. The summed E-state index contributed by atoms with van der Waals surface area (Å²) in [7, 11) is 0. The summed E-state index contributed by atoms with van der Waals surface area (Å²) in [6.07, 6.45) is 0. The number of nitrogens with zero attached hydrogens (tertiary/aromatic N) is 1. The normalized spacial score (nSPS) is 12.0. The first-order chi connectivity index (χ1) is 22.3. The third kappa shape index (κ3) is 3.68. The van der Waals surface area contributed by atoms with E-state index in [2.05, 4.69) is 144 Å². The predicted octanol–water partition coefficient (Wildman–Crippen LogP) is 12.9. The highest BCUT2D eigenvalue weighted by Crippen LogP contribution is 2.46. The van der Waals surface area contributed by atoms with E-state index in [1.165, 1.54) is 52.5 Å². The van der Waals surface area contributed by atoms with Gasteiger partial charge < -0.3 is 9.32 Å². The van der Waals surface area contributed by atoms with E-state index in [0.29, 0.717) is 0 Å². The van der Waals surface area contributed by atoms with Crippen molar-refractivity contribution < 1.29 is 4.42 Å². The Bertz CT molecular complexity index is 2780. The van der Waals surface area contributed by atoms with Crippen LogP contribution in [-0.4, -0.2) is 0 Å². The van der Waals surface area contributed by atoms with Crippen LogP contribution in [0.25, 0.3) is 74.4 Å². The van der Waals surface area contributed by atoms with Gasteiger partial charge in [0.15, 0.2) is 0 Å². The number of para-hydroxylation sites is 1. The van der Waals surface area contributed by atoms with Gasteiger partial charge in [-0.25, -0.2) is 0 Å². The third-order valence-electron chi connectivity index (χ3n) is 9.21. The van der Waals surface area contributed by atoms with Crippen molar-refractivity contribution in [3.63, 3.8) is 0 Å². The number of hydrogen-bond acceptors (Lipinski definition) is 3. The van der Waals surface area contributed by atoms with Crippen LogP contribution >= 0.6 is 11.3 Å². The Morgan fingerprint density at radius 1 is 0.400 bits per heavy atom. The first-order valence-corrected chi connectivity index (χ1v) is 16.1. The average molecular weight is 592 g/mol. The van der Waals surface area contributed by atoms with Crippen LogP contribution < -0.4 is 4.90 Å². The maximum atomic E-state index is 6.42. The monoisotopic (exact) mass is 591 g/mol. The lowest BCUT2D eigenvalue weighted by Gasteiger charge is -2.27. The quantitative estimate of drug-likeness (QED) is 0.190. The molecule has 0 saturated heterocycles. The molecule has 0 aliphatic heterocycles. The van der Waals surface area contributed by atoms with Crippen LogP contribution in [0.5, 0.6) is 0 Å². The van der Waals surface area contributed by atoms with E-state index < -0.39 is 0 Å². The van der Waals surface area contributed by atoms with Crippen molar-refractivity contribution in [3.05, 3.63) is 152 Å². The van der Waals surface area contributed by atoms with E-state index in [0.717, 1.165) is 39.0 Å². The van der Waals surface area contributed by atoms with Crippen molar-refractivity contribution in [2.75, 3.05) is 4.90 Å². The Morgan fingerprint density at radius 2 is 1.04 bits per heavy atom. The number of anilines is 3. The minimum Gasteiger partial charge on any atom is -0.456 e. The van der Waals surface area contributed by atoms with Gasteiger partial charge in [-0.3, -0.25) is 0 Å². The molecule has 3 heteroatoms. The third-order valence-corrected chi connectivity index (χ3v) is 10.4. The van der Waals surface area contributed by atoms with Crippen molar-refractivity contribution in [1.82, 2.24) is 0 Å². The van der Waals surface area contributed by atoms with Crippen LogP contribution in [-0.2, 0) is 0 Å². The molecule has 2 heterocycles. The van der Waals surface area contributed by atoms with Gasteiger partial charge in [-0.1, -0.05) is 97.1 Å². The van der Waals surface area contributed by atoms with Crippen LogP contribution in [0, 0.1) is 0 Å². The van der Waals surface area contributed by atoms with Gasteiger partial charge >= 0.3 is 0 Å². The van der Waals surface area contributed by atoms with Gasteiger partial charge in [-0.15, -0.1) is 11.3 Å². The molecule has 45 heavy (non-hydrogen) atoms. The first-order valence-electron chi connectivity index (χ1n) is 15.3. The van der Waals surface area contributed by atoms with Crippen LogP contribution in [0.1, 0.15) is 0 Å². The van der Waals surface area contributed by atoms with Crippen LogP contribution in [0.2, 0.25) is 0 Å². The molecule has 0 saturated carbocycles. The second-order valence-electron chi connectivity index (χ2n) is 11.7. The van der Waals surface area contributed by atoms with Gasteiger partial charge in [-0.2, -0.15) is 0 Å². The Labute approximate surface area is 263 Å². The predicted molar refractivity (Wildman–Crippen MR) is 194 cm³/mol. The maximum Gasteiger partial charge on any atom is 0.137 e. The lowest BCUT2D eigenvalue weighted by Crippen LogP contribution is -2.10. The number of benzene rings is 8. The molecule has 8 aromatic carbocycles. The molecule has 0 bridgehead atoms. The fraction of sp³-hybridized carbons (Fsp3) is 0. The molecule has 0 radical (unpaired) electrons. The molecule has 10 rings (SSSR count). The van der Waals surface area contributed by atoms with Gasteiger partial charge in [0.25, 0.3) is 0 Å². The summed E-state index contributed by atoms with van der Waals surface area (Å²) >= 11 is 1.85. The zero-order chi connectivity index (χ0) is 29.5. The molecule has 0 aliphatic rings. The molecule has 0 unspecified atom stereocenters. The van der Waals surface area contributed by atoms with Crippen LogP contribution in [0.3, 0.4) is 0 Å². The Morgan fingerprint density at radius 3 is 1.96 bits per heavy atom. The minimum atomic E-state index is 0.885. The second-order valence-corrected chi connectivity index (χ2v) is 12.8. The summed E-state index contributed by atoms with van der Waals surface area (Å²) in [4.78, 5) is 2.42. The van der Waals surface area contributed by atoms with Crippen molar-refractivity contribution in [3.8, 4) is 0 Å². The largest absolute Gasteiger partial charge is 0.456 e. The molecule has 0 N–H and O–H groups in total. The molecule has 210 valence electrons. The highest BCUT2D eigenvalue weighted by atomic mass is 32.1. The van der Waals surface area contributed by atoms with Gasteiger partial charge in [0.05, 0.1) is 5.69 Å². The highest BCUT2D eigenvalue weighted by molar-refractivity contribution is 7.25. The average Bonchev–Trinajstić information content (AvgIpc) is 3.66. The zero-order valence-electron chi connectivity index (χ0n) is 24.2. The molecular formula is C42H25NOS. The van der Waals surface area contributed by atoms with E-state index in [4.69, 9.17) is 4.42 Å². The number of fused-ring (bicyclic) bond motifs is 11. The summed E-state index contributed by atoms with van der Waals surface area (Å²) in [5.74, 6) is 0.